The first kappa shape index (κ1) is 12.9. The molecule has 1 aliphatic heterocycles. The van der Waals surface area contributed by atoms with Crippen molar-refractivity contribution >= 4 is 5.69 Å². The lowest BCUT2D eigenvalue weighted by Gasteiger charge is -2.30. The van der Waals surface area contributed by atoms with E-state index in [-0.39, 0.29) is 0 Å². The predicted octanol–water partition coefficient (Wildman–Crippen LogP) is 2.33. The van der Waals surface area contributed by atoms with E-state index in [0.29, 0.717) is 12.5 Å². The van der Waals surface area contributed by atoms with Crippen molar-refractivity contribution in [1.82, 2.24) is 5.32 Å². The van der Waals surface area contributed by atoms with Gasteiger partial charge in [0, 0.05) is 18.8 Å². The van der Waals surface area contributed by atoms with Gasteiger partial charge in [-0.25, -0.2) is 0 Å². The van der Waals surface area contributed by atoms with Crippen LogP contribution in [0.5, 0.6) is 0 Å². The van der Waals surface area contributed by atoms with Crippen molar-refractivity contribution in [3.8, 4) is 6.07 Å². The van der Waals surface area contributed by atoms with Crippen LogP contribution in [0.2, 0.25) is 0 Å². The van der Waals surface area contributed by atoms with E-state index < -0.39 is 0 Å². The van der Waals surface area contributed by atoms with Crippen molar-refractivity contribution in [2.24, 2.45) is 0 Å². The smallest absolute Gasteiger partial charge is 0.0643 e. The van der Waals surface area contributed by atoms with Gasteiger partial charge in [0.15, 0.2) is 0 Å². The molecular weight excluding hydrogens is 222 g/mol. The maximum atomic E-state index is 8.95. The topological polar surface area (TPSA) is 39.1 Å². The summed E-state index contributed by atoms with van der Waals surface area (Å²) in [6.45, 7) is 5.16. The Hall–Kier alpha value is -1.53. The number of benzene rings is 1. The van der Waals surface area contributed by atoms with E-state index in [2.05, 4.69) is 47.5 Å². The zero-order chi connectivity index (χ0) is 12.8. The van der Waals surface area contributed by atoms with Gasteiger partial charge in [-0.3, -0.25) is 0 Å². The quantitative estimate of drug-likeness (QED) is 0.885. The van der Waals surface area contributed by atoms with Crippen molar-refractivity contribution in [2.45, 2.75) is 32.2 Å². The Kier molecular flexibility index (Phi) is 4.60. The van der Waals surface area contributed by atoms with Crippen LogP contribution in [0.1, 0.15) is 25.3 Å². The van der Waals surface area contributed by atoms with Crippen LogP contribution < -0.4 is 10.2 Å². The first-order valence-electron chi connectivity index (χ1n) is 6.78. The average Bonchev–Trinajstić information content (AvgIpc) is 2.65. The molecule has 1 unspecified atom stereocenters. The van der Waals surface area contributed by atoms with E-state index in [0.717, 1.165) is 32.5 Å². The molecule has 0 saturated carbocycles. The normalized spacial score (nSPS) is 20.2. The summed E-state index contributed by atoms with van der Waals surface area (Å²) in [7, 11) is 0. The fraction of sp³-hybridized carbons (Fsp3) is 0.533. The van der Waals surface area contributed by atoms with E-state index >= 15 is 0 Å². The lowest BCUT2D eigenvalue weighted by molar-refractivity contribution is 0.597. The fourth-order valence-corrected chi connectivity index (χ4v) is 2.49. The highest BCUT2D eigenvalue weighted by Crippen LogP contribution is 2.21. The molecule has 1 saturated heterocycles. The second-order valence-corrected chi connectivity index (χ2v) is 4.79. The molecule has 1 aromatic carbocycles. The Morgan fingerprint density at radius 2 is 2.17 bits per heavy atom. The molecule has 0 amide bonds. The SMILES string of the molecule is CCc1ccc(N2CCCNCC2CC#N)cc1. The van der Waals surface area contributed by atoms with E-state index in [1.54, 1.807) is 0 Å². The van der Waals surface area contributed by atoms with Crippen LogP contribution in [-0.4, -0.2) is 25.7 Å². The van der Waals surface area contributed by atoms with Crippen molar-refractivity contribution in [2.75, 3.05) is 24.5 Å². The Balaban J connectivity index is 2.17. The van der Waals surface area contributed by atoms with Gasteiger partial charge in [-0.15, -0.1) is 0 Å². The highest BCUT2D eigenvalue weighted by Gasteiger charge is 2.20. The Labute approximate surface area is 109 Å². The zero-order valence-corrected chi connectivity index (χ0v) is 11.0. The van der Waals surface area contributed by atoms with Crippen molar-refractivity contribution in [3.05, 3.63) is 29.8 Å². The molecule has 1 heterocycles. The fourth-order valence-electron chi connectivity index (χ4n) is 2.49. The number of aryl methyl sites for hydroxylation is 1. The largest absolute Gasteiger partial charge is 0.366 e. The molecule has 18 heavy (non-hydrogen) atoms. The summed E-state index contributed by atoms with van der Waals surface area (Å²) in [5.41, 5.74) is 2.61. The average molecular weight is 243 g/mol. The van der Waals surface area contributed by atoms with Crippen LogP contribution in [0, 0.1) is 11.3 Å². The maximum Gasteiger partial charge on any atom is 0.0643 e. The van der Waals surface area contributed by atoms with Gasteiger partial charge in [0.25, 0.3) is 0 Å². The number of nitrogens with one attached hydrogen (secondary N) is 1. The van der Waals surface area contributed by atoms with Crippen molar-refractivity contribution in [1.29, 1.82) is 5.26 Å². The standard InChI is InChI=1S/C15H21N3/c1-2-13-4-6-14(7-5-13)18-11-3-10-17-12-15(18)8-9-16/h4-7,15,17H,2-3,8,10-12H2,1H3. The van der Waals surface area contributed by atoms with E-state index in [9.17, 15) is 0 Å². The zero-order valence-electron chi connectivity index (χ0n) is 11.0. The highest BCUT2D eigenvalue weighted by molar-refractivity contribution is 5.49. The van der Waals surface area contributed by atoms with Crippen LogP contribution in [0.4, 0.5) is 5.69 Å². The van der Waals surface area contributed by atoms with Crippen LogP contribution >= 0.6 is 0 Å². The lowest BCUT2D eigenvalue weighted by Crippen LogP contribution is -2.39. The van der Waals surface area contributed by atoms with Crippen LogP contribution in [0.15, 0.2) is 24.3 Å². The van der Waals surface area contributed by atoms with E-state index in [4.69, 9.17) is 5.26 Å². The van der Waals surface area contributed by atoms with Gasteiger partial charge in [-0.1, -0.05) is 19.1 Å². The third kappa shape index (κ3) is 3.02. The summed E-state index contributed by atoms with van der Waals surface area (Å²) < 4.78 is 0. The molecule has 96 valence electrons. The summed E-state index contributed by atoms with van der Waals surface area (Å²) in [6.07, 6.45) is 2.80. The molecular formula is C15H21N3. The minimum absolute atomic E-state index is 0.296. The highest BCUT2D eigenvalue weighted by atomic mass is 15.2. The molecule has 1 atom stereocenters. The number of hydrogen-bond donors (Lipinski definition) is 1. The van der Waals surface area contributed by atoms with Crippen LogP contribution in [0.25, 0.3) is 0 Å². The lowest BCUT2D eigenvalue weighted by atomic mass is 10.1. The molecule has 0 spiro atoms. The molecule has 0 radical (unpaired) electrons. The number of anilines is 1. The molecule has 0 aliphatic carbocycles. The van der Waals surface area contributed by atoms with Gasteiger partial charge >= 0.3 is 0 Å². The number of hydrogen-bond acceptors (Lipinski definition) is 3. The maximum absolute atomic E-state index is 8.95. The summed E-state index contributed by atoms with van der Waals surface area (Å²) in [6, 6.07) is 11.4. The summed E-state index contributed by atoms with van der Waals surface area (Å²) >= 11 is 0. The molecule has 1 aromatic rings. The van der Waals surface area contributed by atoms with Gasteiger partial charge in [-0.2, -0.15) is 5.26 Å². The summed E-state index contributed by atoms with van der Waals surface area (Å²) in [5, 5.41) is 12.4. The van der Waals surface area contributed by atoms with Gasteiger partial charge in [0.1, 0.15) is 0 Å². The van der Waals surface area contributed by atoms with Crippen LogP contribution in [0.3, 0.4) is 0 Å². The summed E-state index contributed by atoms with van der Waals surface area (Å²) in [4.78, 5) is 2.38. The molecule has 0 bridgehead atoms. The summed E-state index contributed by atoms with van der Waals surface area (Å²) in [5.74, 6) is 0. The first-order valence-corrected chi connectivity index (χ1v) is 6.78. The predicted molar refractivity (Wildman–Crippen MR) is 74.7 cm³/mol. The molecule has 1 N–H and O–H groups in total. The van der Waals surface area contributed by atoms with Gasteiger partial charge in [0.2, 0.25) is 0 Å². The van der Waals surface area contributed by atoms with Crippen molar-refractivity contribution in [3.63, 3.8) is 0 Å². The molecule has 2 rings (SSSR count). The monoisotopic (exact) mass is 243 g/mol. The van der Waals surface area contributed by atoms with E-state index in [1.165, 1.54) is 11.3 Å². The number of nitriles is 1. The molecule has 3 nitrogen and oxygen atoms in total. The Morgan fingerprint density at radius 1 is 1.39 bits per heavy atom. The van der Waals surface area contributed by atoms with Crippen LogP contribution in [-0.2, 0) is 6.42 Å². The minimum Gasteiger partial charge on any atom is -0.366 e. The molecule has 0 aromatic heterocycles. The molecule has 1 aliphatic rings. The second-order valence-electron chi connectivity index (χ2n) is 4.79. The third-order valence-corrected chi connectivity index (χ3v) is 3.58. The number of nitrogens with zero attached hydrogens (tertiary/aromatic N) is 2. The minimum atomic E-state index is 0.296. The Morgan fingerprint density at radius 3 is 2.83 bits per heavy atom. The number of rotatable bonds is 3. The van der Waals surface area contributed by atoms with Gasteiger partial charge in [0.05, 0.1) is 18.5 Å². The van der Waals surface area contributed by atoms with Gasteiger partial charge < -0.3 is 10.2 Å². The third-order valence-electron chi connectivity index (χ3n) is 3.58. The second kappa shape index (κ2) is 6.42. The molecule has 1 fully saturated rings. The van der Waals surface area contributed by atoms with E-state index in [1.807, 2.05) is 0 Å². The Bertz CT molecular complexity index is 405. The molecule has 3 heteroatoms. The van der Waals surface area contributed by atoms with Gasteiger partial charge in [-0.05, 0) is 37.1 Å². The van der Waals surface area contributed by atoms with Crippen molar-refractivity contribution < 1.29 is 0 Å². The first-order chi connectivity index (χ1) is 8.85.